The number of benzene rings is 1. The maximum atomic E-state index is 13.6. The van der Waals surface area contributed by atoms with Gasteiger partial charge in [-0.1, -0.05) is 18.2 Å². The van der Waals surface area contributed by atoms with Crippen molar-refractivity contribution in [1.29, 1.82) is 0 Å². The van der Waals surface area contributed by atoms with Crippen LogP contribution in [0.25, 0.3) is 21.5 Å². The Bertz CT molecular complexity index is 1500. The third-order valence-electron chi connectivity index (χ3n) is 5.84. The monoisotopic (exact) mass is 498 g/mol. The molecule has 1 aliphatic heterocycles. The lowest BCUT2D eigenvalue weighted by Crippen LogP contribution is -2.40. The van der Waals surface area contributed by atoms with Crippen LogP contribution < -0.4 is 0 Å². The van der Waals surface area contributed by atoms with Crippen molar-refractivity contribution in [3.8, 4) is 10.6 Å². The maximum absolute atomic E-state index is 13.6. The van der Waals surface area contributed by atoms with Gasteiger partial charge in [0.25, 0.3) is 5.91 Å². The summed E-state index contributed by atoms with van der Waals surface area (Å²) in [6, 6.07) is 9.00. The topological polar surface area (TPSA) is 92.8 Å². The van der Waals surface area contributed by atoms with Crippen LogP contribution in [0.15, 0.2) is 59.7 Å². The van der Waals surface area contributed by atoms with Crippen molar-refractivity contribution in [3.63, 3.8) is 0 Å². The third kappa shape index (κ3) is 3.99. The van der Waals surface area contributed by atoms with Crippen LogP contribution in [0.2, 0.25) is 0 Å². The number of hydrogen-bond acceptors (Lipinski definition) is 6. The number of rotatable bonds is 4. The Morgan fingerprint density at radius 3 is 2.91 bits per heavy atom. The van der Waals surface area contributed by atoms with E-state index in [0.717, 1.165) is 32.8 Å². The fraction of sp³-hybridized carbons (Fsp3) is 0.217. The Balaban J connectivity index is 1.32. The van der Waals surface area contributed by atoms with Crippen LogP contribution >= 0.6 is 11.3 Å². The Kier molecular flexibility index (Phi) is 4.99. The van der Waals surface area contributed by atoms with Gasteiger partial charge in [-0.2, -0.15) is 18.3 Å². The molecule has 4 aromatic heterocycles. The third-order valence-corrected chi connectivity index (χ3v) is 6.87. The van der Waals surface area contributed by atoms with Gasteiger partial charge in [-0.05, 0) is 12.1 Å². The van der Waals surface area contributed by atoms with Gasteiger partial charge in [0, 0.05) is 35.8 Å². The lowest BCUT2D eigenvalue weighted by atomic mass is 10.00. The van der Waals surface area contributed by atoms with Crippen LogP contribution in [-0.2, 0) is 13.0 Å². The predicted octanol–water partition coefficient (Wildman–Crippen LogP) is 4.83. The minimum absolute atomic E-state index is 0.254. The zero-order chi connectivity index (χ0) is 24.2. The number of alkyl halides is 3. The first-order valence-corrected chi connectivity index (χ1v) is 11.5. The van der Waals surface area contributed by atoms with Crippen molar-refractivity contribution >= 4 is 28.2 Å². The number of carbonyl (C=O) groups is 1. The van der Waals surface area contributed by atoms with E-state index in [9.17, 15) is 18.0 Å². The summed E-state index contributed by atoms with van der Waals surface area (Å²) in [6.45, 7) is -0.754. The lowest BCUT2D eigenvalue weighted by molar-refractivity contribution is -0.142. The molecule has 1 N–H and O–H groups in total. The molecule has 0 bridgehead atoms. The number of carbonyl (C=O) groups excluding carboxylic acids is 1. The SMILES string of the molecule is O=C(c1cnc(-c2cnn(CC(F)(F)F)c2)s1)N1CCc2[nH]cnc2[C@H]1c1cc2ccccc2o1. The lowest BCUT2D eigenvalue weighted by Gasteiger charge is -2.33. The number of imidazole rings is 1. The number of halogens is 3. The van der Waals surface area contributed by atoms with Gasteiger partial charge in [0.15, 0.2) is 0 Å². The van der Waals surface area contributed by atoms with Gasteiger partial charge < -0.3 is 14.3 Å². The first kappa shape index (κ1) is 21.6. The molecule has 0 fully saturated rings. The second-order valence-electron chi connectivity index (χ2n) is 8.18. The number of hydrogen-bond donors (Lipinski definition) is 1. The van der Waals surface area contributed by atoms with Crippen molar-refractivity contribution in [1.82, 2.24) is 29.6 Å². The van der Waals surface area contributed by atoms with Crippen molar-refractivity contribution in [2.75, 3.05) is 6.54 Å². The molecule has 0 saturated heterocycles. The second-order valence-corrected chi connectivity index (χ2v) is 9.21. The van der Waals surface area contributed by atoms with Crippen molar-refractivity contribution in [3.05, 3.63) is 77.3 Å². The van der Waals surface area contributed by atoms with Crippen LogP contribution in [0.4, 0.5) is 13.2 Å². The number of aromatic nitrogens is 5. The molecular weight excluding hydrogens is 481 g/mol. The van der Waals surface area contributed by atoms with Crippen molar-refractivity contribution < 1.29 is 22.4 Å². The van der Waals surface area contributed by atoms with E-state index < -0.39 is 18.8 Å². The van der Waals surface area contributed by atoms with E-state index in [-0.39, 0.29) is 5.91 Å². The second kappa shape index (κ2) is 8.08. The summed E-state index contributed by atoms with van der Waals surface area (Å²) in [4.78, 5) is 27.6. The van der Waals surface area contributed by atoms with E-state index >= 15 is 0 Å². The van der Waals surface area contributed by atoms with Crippen LogP contribution in [0, 0.1) is 0 Å². The van der Waals surface area contributed by atoms with Gasteiger partial charge in [-0.25, -0.2) is 9.97 Å². The Labute approximate surface area is 200 Å². The van der Waals surface area contributed by atoms with Gasteiger partial charge in [0.2, 0.25) is 0 Å². The van der Waals surface area contributed by atoms with E-state index in [1.807, 2.05) is 30.3 Å². The molecule has 8 nitrogen and oxygen atoms in total. The summed E-state index contributed by atoms with van der Waals surface area (Å²) in [7, 11) is 0. The van der Waals surface area contributed by atoms with Gasteiger partial charge in [0.1, 0.15) is 33.8 Å². The number of nitrogens with one attached hydrogen (secondary N) is 1. The molecule has 0 unspecified atom stereocenters. The van der Waals surface area contributed by atoms with Gasteiger partial charge in [-0.15, -0.1) is 11.3 Å². The highest BCUT2D eigenvalue weighted by Gasteiger charge is 2.37. The van der Waals surface area contributed by atoms with Crippen molar-refractivity contribution in [2.45, 2.75) is 25.2 Å². The number of amides is 1. The number of aromatic amines is 1. The fourth-order valence-corrected chi connectivity index (χ4v) is 5.16. The number of nitrogens with zero attached hydrogens (tertiary/aromatic N) is 5. The van der Waals surface area contributed by atoms with Gasteiger partial charge in [-0.3, -0.25) is 9.48 Å². The number of H-pyrrole nitrogens is 1. The molecule has 0 aliphatic carbocycles. The van der Waals surface area contributed by atoms with E-state index in [1.165, 1.54) is 18.6 Å². The molecule has 12 heteroatoms. The molecule has 0 radical (unpaired) electrons. The van der Waals surface area contributed by atoms with E-state index in [1.54, 1.807) is 11.2 Å². The number of para-hydroxylation sites is 1. The number of fused-ring (bicyclic) bond motifs is 2. The summed E-state index contributed by atoms with van der Waals surface area (Å²) in [5.74, 6) is 0.348. The highest BCUT2D eigenvalue weighted by molar-refractivity contribution is 7.16. The van der Waals surface area contributed by atoms with E-state index in [0.29, 0.717) is 39.8 Å². The Morgan fingerprint density at radius 1 is 1.23 bits per heavy atom. The zero-order valence-corrected chi connectivity index (χ0v) is 18.8. The van der Waals surface area contributed by atoms with Gasteiger partial charge in [0.05, 0.1) is 24.4 Å². The van der Waals surface area contributed by atoms with Crippen LogP contribution in [0.5, 0.6) is 0 Å². The predicted molar refractivity (Wildman–Crippen MR) is 121 cm³/mol. The van der Waals surface area contributed by atoms with Gasteiger partial charge >= 0.3 is 6.18 Å². The molecule has 5 aromatic rings. The Hall–Kier alpha value is -3.93. The standard InChI is InChI=1S/C23H17F3N6O2S/c24-23(25,26)11-31-10-14(8-30-31)21-27-9-18(35-21)22(33)32-6-5-15-19(29-12-28-15)20(32)17-7-13-3-1-2-4-16(13)34-17/h1-4,7-10,12,20H,5-6,11H2,(H,28,29)/t20-/m1/s1. The summed E-state index contributed by atoms with van der Waals surface area (Å²) in [5, 5.41) is 5.10. The van der Waals surface area contributed by atoms with Crippen LogP contribution in [-0.4, -0.2) is 48.3 Å². The van der Waals surface area contributed by atoms with Crippen LogP contribution in [0.1, 0.15) is 32.9 Å². The smallest absolute Gasteiger partial charge is 0.408 e. The minimum Gasteiger partial charge on any atom is -0.458 e. The largest absolute Gasteiger partial charge is 0.458 e. The van der Waals surface area contributed by atoms with E-state index in [2.05, 4.69) is 20.1 Å². The maximum Gasteiger partial charge on any atom is 0.408 e. The zero-order valence-electron chi connectivity index (χ0n) is 18.0. The van der Waals surface area contributed by atoms with Crippen LogP contribution in [0.3, 0.4) is 0 Å². The molecule has 5 heterocycles. The first-order chi connectivity index (χ1) is 16.9. The molecule has 178 valence electrons. The first-order valence-electron chi connectivity index (χ1n) is 10.7. The summed E-state index contributed by atoms with van der Waals surface area (Å²) in [5.41, 5.74) is 2.80. The van der Waals surface area contributed by atoms with Crippen molar-refractivity contribution in [2.24, 2.45) is 0 Å². The van der Waals surface area contributed by atoms with E-state index in [4.69, 9.17) is 4.42 Å². The molecule has 6 rings (SSSR count). The molecule has 1 atom stereocenters. The minimum atomic E-state index is -4.38. The molecule has 35 heavy (non-hydrogen) atoms. The molecule has 1 aliphatic rings. The summed E-state index contributed by atoms with van der Waals surface area (Å²) >= 11 is 1.11. The number of thiazole rings is 1. The summed E-state index contributed by atoms with van der Waals surface area (Å²) < 4.78 is 44.9. The molecule has 0 saturated carbocycles. The highest BCUT2D eigenvalue weighted by atomic mass is 32.1. The average Bonchev–Trinajstić information content (AvgIpc) is 3.62. The fourth-order valence-electron chi connectivity index (χ4n) is 4.31. The molecule has 1 aromatic carbocycles. The summed E-state index contributed by atoms with van der Waals surface area (Å²) in [6.07, 6.45) is 1.87. The molecule has 0 spiro atoms. The Morgan fingerprint density at radius 2 is 2.09 bits per heavy atom. The quantitative estimate of drug-likeness (QED) is 0.383. The number of furan rings is 1. The highest BCUT2D eigenvalue weighted by Crippen LogP contribution is 2.38. The average molecular weight is 498 g/mol. The normalized spacial score (nSPS) is 16.1. The molecular formula is C23H17F3N6O2S. The molecule has 1 amide bonds.